The van der Waals surface area contributed by atoms with E-state index >= 15 is 0 Å². The summed E-state index contributed by atoms with van der Waals surface area (Å²) in [5.41, 5.74) is 0.700. The predicted molar refractivity (Wildman–Crippen MR) is 110 cm³/mol. The van der Waals surface area contributed by atoms with E-state index in [0.29, 0.717) is 38.2 Å². The molecule has 0 spiro atoms. The van der Waals surface area contributed by atoms with Crippen LogP contribution in [0.3, 0.4) is 0 Å². The fourth-order valence-corrected chi connectivity index (χ4v) is 3.33. The molecular weight excluding hydrogens is 390 g/mol. The van der Waals surface area contributed by atoms with E-state index in [1.807, 2.05) is 20.0 Å². The third-order valence-corrected chi connectivity index (χ3v) is 5.15. The third kappa shape index (κ3) is 6.94. The van der Waals surface area contributed by atoms with Crippen molar-refractivity contribution in [1.29, 1.82) is 0 Å². The predicted octanol–water partition coefficient (Wildman–Crippen LogP) is 1.28. The zero-order valence-corrected chi connectivity index (χ0v) is 18.7. The number of aryl methyl sites for hydroxylation is 1. The minimum Gasteiger partial charge on any atom is -0.447 e. The second-order valence-corrected chi connectivity index (χ2v) is 8.29. The van der Waals surface area contributed by atoms with Crippen LogP contribution in [0.1, 0.15) is 46.2 Å². The van der Waals surface area contributed by atoms with E-state index in [-0.39, 0.29) is 43.3 Å². The molecule has 10 heteroatoms. The highest BCUT2D eigenvalue weighted by Crippen LogP contribution is 2.18. The first-order chi connectivity index (χ1) is 14.2. The molecule has 2 bridgehead atoms. The maximum atomic E-state index is 12.8. The topological polar surface area (TPSA) is 110 Å². The van der Waals surface area contributed by atoms with Gasteiger partial charge in [-0.2, -0.15) is 0 Å². The molecule has 1 aromatic heterocycles. The Bertz CT molecular complexity index is 695. The zero-order valence-electron chi connectivity index (χ0n) is 18.7. The third-order valence-electron chi connectivity index (χ3n) is 5.15. The van der Waals surface area contributed by atoms with Gasteiger partial charge in [-0.25, -0.2) is 4.79 Å². The van der Waals surface area contributed by atoms with Crippen LogP contribution in [0.4, 0.5) is 4.79 Å². The number of carbonyl (C=O) groups excluding carboxylic acids is 2. The van der Waals surface area contributed by atoms with Gasteiger partial charge in [-0.1, -0.05) is 12.1 Å². The highest BCUT2D eigenvalue weighted by atomic mass is 16.6. The number of nitrogens with zero attached hydrogens (tertiary/aromatic N) is 5. The summed E-state index contributed by atoms with van der Waals surface area (Å²) >= 11 is 0. The van der Waals surface area contributed by atoms with E-state index < -0.39 is 6.09 Å². The molecule has 170 valence electrons. The minimum atomic E-state index is -0.425. The molecule has 0 radical (unpaired) electrons. The van der Waals surface area contributed by atoms with Crippen LogP contribution in [0, 0.1) is 5.92 Å². The SMILES string of the molecule is CC(C)OC(=O)N(C)C[C@@H]1OCc2cn(nn2)CCCC(=O)N([C@@H](C)CO)C[C@@H]1C. The Balaban J connectivity index is 2.21. The Kier molecular flexibility index (Phi) is 9.04. The fraction of sp³-hybridized carbons (Fsp3) is 0.800. The number of fused-ring (bicyclic) bond motifs is 2. The van der Waals surface area contributed by atoms with Gasteiger partial charge in [0.1, 0.15) is 5.69 Å². The van der Waals surface area contributed by atoms with Crippen LogP contribution in [-0.2, 0) is 27.4 Å². The highest BCUT2D eigenvalue weighted by molar-refractivity contribution is 5.76. The lowest BCUT2D eigenvalue weighted by Crippen LogP contribution is -2.47. The summed E-state index contributed by atoms with van der Waals surface area (Å²) < 4.78 is 13.1. The van der Waals surface area contributed by atoms with Crippen LogP contribution < -0.4 is 0 Å². The first-order valence-corrected chi connectivity index (χ1v) is 10.5. The summed E-state index contributed by atoms with van der Waals surface area (Å²) in [6.07, 6.45) is 1.81. The summed E-state index contributed by atoms with van der Waals surface area (Å²) in [4.78, 5) is 28.3. The molecule has 2 rings (SSSR count). The Labute approximate surface area is 178 Å². The van der Waals surface area contributed by atoms with Crippen molar-refractivity contribution in [2.24, 2.45) is 5.92 Å². The Hall–Kier alpha value is -2.20. The maximum absolute atomic E-state index is 12.8. The largest absolute Gasteiger partial charge is 0.447 e. The van der Waals surface area contributed by atoms with Crippen molar-refractivity contribution in [2.45, 2.75) is 71.9 Å². The Morgan fingerprint density at radius 3 is 2.83 bits per heavy atom. The maximum Gasteiger partial charge on any atom is 0.409 e. The van der Waals surface area contributed by atoms with Crippen molar-refractivity contribution < 1.29 is 24.2 Å². The van der Waals surface area contributed by atoms with Crippen LogP contribution in [0.5, 0.6) is 0 Å². The van der Waals surface area contributed by atoms with Gasteiger partial charge < -0.3 is 24.4 Å². The van der Waals surface area contributed by atoms with Crippen molar-refractivity contribution in [3.8, 4) is 0 Å². The van der Waals surface area contributed by atoms with Crippen molar-refractivity contribution in [2.75, 3.05) is 26.7 Å². The van der Waals surface area contributed by atoms with Gasteiger partial charge in [0.05, 0.1) is 44.2 Å². The lowest BCUT2D eigenvalue weighted by Gasteiger charge is -2.35. The van der Waals surface area contributed by atoms with E-state index in [1.165, 1.54) is 4.90 Å². The number of aromatic nitrogens is 3. The highest BCUT2D eigenvalue weighted by Gasteiger charge is 2.29. The summed E-state index contributed by atoms with van der Waals surface area (Å²) in [6, 6.07) is -0.299. The van der Waals surface area contributed by atoms with Gasteiger partial charge in [0.2, 0.25) is 5.91 Å². The quantitative estimate of drug-likeness (QED) is 0.757. The molecule has 1 aliphatic heterocycles. The Morgan fingerprint density at radius 1 is 1.43 bits per heavy atom. The molecular formula is C20H35N5O5. The molecule has 0 saturated heterocycles. The van der Waals surface area contributed by atoms with Gasteiger partial charge >= 0.3 is 6.09 Å². The number of aliphatic hydroxyl groups is 1. The minimum absolute atomic E-state index is 0.0192. The summed E-state index contributed by atoms with van der Waals surface area (Å²) in [6.45, 7) is 8.85. The fourth-order valence-electron chi connectivity index (χ4n) is 3.33. The van der Waals surface area contributed by atoms with Crippen LogP contribution >= 0.6 is 0 Å². The standard InChI is InChI=1S/C20H35N5O5/c1-14(2)30-20(28)23(5)11-18-15(3)9-25(16(4)12-26)19(27)7-6-8-24-10-17(13-29-18)21-22-24/h10,14-16,18,26H,6-9,11-13H2,1-5H3/t15-,16-,18-/m0/s1. The van der Waals surface area contributed by atoms with Gasteiger partial charge in [-0.05, 0) is 27.2 Å². The van der Waals surface area contributed by atoms with Crippen LogP contribution in [0.15, 0.2) is 6.20 Å². The molecule has 10 nitrogen and oxygen atoms in total. The molecule has 0 aromatic carbocycles. The zero-order chi connectivity index (χ0) is 22.3. The van der Waals surface area contributed by atoms with Gasteiger partial charge in [0.25, 0.3) is 0 Å². The van der Waals surface area contributed by atoms with Gasteiger partial charge in [-0.3, -0.25) is 9.48 Å². The van der Waals surface area contributed by atoms with Crippen LogP contribution in [-0.4, -0.2) is 86.9 Å². The van der Waals surface area contributed by atoms with E-state index in [2.05, 4.69) is 10.3 Å². The van der Waals surface area contributed by atoms with E-state index in [1.54, 1.807) is 30.5 Å². The summed E-state index contributed by atoms with van der Waals surface area (Å²) in [5.74, 6) is -0.109. The average Bonchev–Trinajstić information content (AvgIpc) is 3.14. The van der Waals surface area contributed by atoms with Gasteiger partial charge in [-0.15, -0.1) is 5.10 Å². The van der Waals surface area contributed by atoms with Crippen molar-refractivity contribution in [3.63, 3.8) is 0 Å². The second-order valence-electron chi connectivity index (χ2n) is 8.29. The normalized spacial score (nSPS) is 22.1. The molecule has 3 atom stereocenters. The molecule has 30 heavy (non-hydrogen) atoms. The monoisotopic (exact) mass is 425 g/mol. The first kappa shape index (κ1) is 24.1. The molecule has 0 unspecified atom stereocenters. The molecule has 0 fully saturated rings. The summed E-state index contributed by atoms with van der Waals surface area (Å²) in [5, 5.41) is 17.9. The molecule has 2 amide bonds. The number of hydrogen-bond acceptors (Lipinski definition) is 7. The average molecular weight is 426 g/mol. The van der Waals surface area contributed by atoms with Gasteiger partial charge in [0, 0.05) is 32.5 Å². The number of likely N-dealkylation sites (N-methyl/N-ethyl adjacent to an activating group) is 1. The lowest BCUT2D eigenvalue weighted by molar-refractivity contribution is -0.136. The number of amides is 2. The molecule has 0 aliphatic carbocycles. The number of aliphatic hydroxyl groups excluding tert-OH is 1. The molecule has 0 saturated carbocycles. The van der Waals surface area contributed by atoms with Crippen molar-refractivity contribution in [3.05, 3.63) is 11.9 Å². The van der Waals surface area contributed by atoms with Crippen molar-refractivity contribution >= 4 is 12.0 Å². The lowest BCUT2D eigenvalue weighted by atomic mass is 10.0. The van der Waals surface area contributed by atoms with Crippen LogP contribution in [0.25, 0.3) is 0 Å². The van der Waals surface area contributed by atoms with Gasteiger partial charge in [0.15, 0.2) is 0 Å². The summed E-state index contributed by atoms with van der Waals surface area (Å²) in [7, 11) is 1.66. The second kappa shape index (κ2) is 11.3. The molecule has 1 aromatic rings. The first-order valence-electron chi connectivity index (χ1n) is 10.5. The van der Waals surface area contributed by atoms with E-state index in [4.69, 9.17) is 9.47 Å². The number of carbonyl (C=O) groups is 2. The number of ether oxygens (including phenoxy) is 2. The Morgan fingerprint density at radius 2 is 2.17 bits per heavy atom. The smallest absolute Gasteiger partial charge is 0.409 e. The van der Waals surface area contributed by atoms with Crippen LogP contribution in [0.2, 0.25) is 0 Å². The van der Waals surface area contributed by atoms with Crippen molar-refractivity contribution in [1.82, 2.24) is 24.8 Å². The molecule has 2 heterocycles. The molecule has 1 aliphatic rings. The van der Waals surface area contributed by atoms with E-state index in [0.717, 1.165) is 0 Å². The molecule has 1 N–H and O–H groups in total. The number of rotatable bonds is 5. The number of hydrogen-bond donors (Lipinski definition) is 1. The van der Waals surface area contributed by atoms with E-state index in [9.17, 15) is 14.7 Å².